The molecule has 0 bridgehead atoms. The molecule has 1 amide bonds. The van der Waals surface area contributed by atoms with Crippen molar-refractivity contribution < 1.29 is 18.7 Å². The van der Waals surface area contributed by atoms with Gasteiger partial charge in [-0.1, -0.05) is 18.2 Å². The minimum atomic E-state index is -0.264. The summed E-state index contributed by atoms with van der Waals surface area (Å²) in [7, 11) is 3.31. The summed E-state index contributed by atoms with van der Waals surface area (Å²) in [5.74, 6) is 0.931. The van der Waals surface area contributed by atoms with Crippen molar-refractivity contribution in [3.05, 3.63) is 59.4 Å². The van der Waals surface area contributed by atoms with Crippen LogP contribution in [0, 0.1) is 5.82 Å². The number of carbonyl (C=O) groups is 1. The number of nitrogens with zero attached hydrogens (tertiary/aromatic N) is 2. The first-order valence-electron chi connectivity index (χ1n) is 10.2. The number of methoxy groups -OCH3 is 1. The minimum Gasteiger partial charge on any atom is -0.495 e. The van der Waals surface area contributed by atoms with Crippen molar-refractivity contribution in [3.63, 3.8) is 0 Å². The highest BCUT2D eigenvalue weighted by Gasteiger charge is 2.28. The molecule has 1 fully saturated rings. The monoisotopic (exact) mass is 556 g/mol. The average Bonchev–Trinajstić information content (AvgIpc) is 2.74. The number of aliphatic imine (C=N–C) groups is 1. The molecule has 2 aromatic rings. The lowest BCUT2D eigenvalue weighted by molar-refractivity contribution is -0.114. The number of guanidine groups is 1. The van der Waals surface area contributed by atoms with Crippen molar-refractivity contribution in [2.24, 2.45) is 4.99 Å². The van der Waals surface area contributed by atoms with Crippen molar-refractivity contribution in [2.75, 3.05) is 32.6 Å². The quantitative estimate of drug-likeness (QED) is 0.332. The van der Waals surface area contributed by atoms with E-state index < -0.39 is 0 Å². The number of morpholine rings is 1. The third kappa shape index (κ3) is 6.80. The van der Waals surface area contributed by atoms with E-state index in [0.717, 1.165) is 17.1 Å². The molecule has 0 saturated carbocycles. The Morgan fingerprint density at radius 3 is 2.59 bits per heavy atom. The van der Waals surface area contributed by atoms with Crippen LogP contribution in [-0.4, -0.2) is 50.1 Å². The number of anilines is 1. The van der Waals surface area contributed by atoms with Gasteiger partial charge in [0.15, 0.2) is 5.96 Å². The second-order valence-electron chi connectivity index (χ2n) is 7.51. The zero-order valence-electron chi connectivity index (χ0n) is 18.7. The van der Waals surface area contributed by atoms with Gasteiger partial charge in [-0.2, -0.15) is 0 Å². The van der Waals surface area contributed by atoms with E-state index in [1.807, 2.05) is 25.1 Å². The van der Waals surface area contributed by atoms with E-state index in [0.29, 0.717) is 31.1 Å². The van der Waals surface area contributed by atoms with Gasteiger partial charge in [0.1, 0.15) is 17.7 Å². The number of carbonyl (C=O) groups excluding carboxylic acids is 1. The van der Waals surface area contributed by atoms with Crippen LogP contribution in [0.5, 0.6) is 5.75 Å². The normalized spacial score (nSPS) is 18.5. The summed E-state index contributed by atoms with van der Waals surface area (Å²) in [4.78, 5) is 18.0. The highest BCUT2D eigenvalue weighted by atomic mass is 127. The molecule has 1 aliphatic rings. The Morgan fingerprint density at radius 1 is 1.25 bits per heavy atom. The zero-order valence-corrected chi connectivity index (χ0v) is 21.1. The number of amides is 1. The maximum atomic E-state index is 13.3. The third-order valence-corrected chi connectivity index (χ3v) is 5.04. The van der Waals surface area contributed by atoms with Crippen molar-refractivity contribution >= 4 is 41.5 Å². The van der Waals surface area contributed by atoms with E-state index >= 15 is 0 Å². The highest BCUT2D eigenvalue weighted by molar-refractivity contribution is 14.0. The fourth-order valence-corrected chi connectivity index (χ4v) is 3.65. The average molecular weight is 556 g/mol. The molecule has 7 nitrogen and oxygen atoms in total. The summed E-state index contributed by atoms with van der Waals surface area (Å²) < 4.78 is 24.7. The lowest BCUT2D eigenvalue weighted by Gasteiger charge is -2.38. The Balaban J connectivity index is 0.00000363. The van der Waals surface area contributed by atoms with E-state index in [2.05, 4.69) is 20.5 Å². The fraction of sp³-hybridized carbons (Fsp3) is 0.391. The smallest absolute Gasteiger partial charge is 0.221 e. The molecule has 174 valence electrons. The summed E-state index contributed by atoms with van der Waals surface area (Å²) in [6.07, 6.45) is -0.176. The predicted molar refractivity (Wildman–Crippen MR) is 134 cm³/mol. The Morgan fingerprint density at radius 2 is 1.97 bits per heavy atom. The van der Waals surface area contributed by atoms with Gasteiger partial charge in [0, 0.05) is 27.1 Å². The Kier molecular flexibility index (Phi) is 9.70. The van der Waals surface area contributed by atoms with E-state index in [9.17, 15) is 9.18 Å². The van der Waals surface area contributed by atoms with Crippen LogP contribution in [0.4, 0.5) is 10.1 Å². The second-order valence-corrected chi connectivity index (χ2v) is 7.51. The van der Waals surface area contributed by atoms with Gasteiger partial charge < -0.3 is 25.0 Å². The first-order chi connectivity index (χ1) is 14.9. The molecule has 0 spiro atoms. The molecule has 2 N–H and O–H groups in total. The number of hydrogen-bond donors (Lipinski definition) is 2. The summed E-state index contributed by atoms with van der Waals surface area (Å²) in [5.41, 5.74) is 2.53. The molecule has 3 rings (SSSR count). The van der Waals surface area contributed by atoms with Gasteiger partial charge in [-0.3, -0.25) is 9.79 Å². The van der Waals surface area contributed by atoms with Crippen molar-refractivity contribution in [2.45, 2.75) is 32.6 Å². The van der Waals surface area contributed by atoms with Crippen LogP contribution in [0.2, 0.25) is 0 Å². The van der Waals surface area contributed by atoms with E-state index in [-0.39, 0.29) is 47.9 Å². The molecule has 9 heteroatoms. The standard InChI is InChI=1S/C23H29FN4O3.HI/c1-15-13-28(14-22(31-15)18-6-8-19(24)9-7-18)23(25-3)26-12-17-5-10-21(30-4)20(11-17)27-16(2)29;/h5-11,15,22H,12-14H2,1-4H3,(H,25,26)(H,27,29);1H. The molecular weight excluding hydrogens is 526 g/mol. The maximum Gasteiger partial charge on any atom is 0.221 e. The zero-order chi connectivity index (χ0) is 22.4. The van der Waals surface area contributed by atoms with Crippen molar-refractivity contribution in [3.8, 4) is 5.75 Å². The lowest BCUT2D eigenvalue weighted by Crippen LogP contribution is -2.50. The van der Waals surface area contributed by atoms with Crippen LogP contribution in [0.1, 0.15) is 31.1 Å². The largest absolute Gasteiger partial charge is 0.495 e. The number of halogens is 2. The van der Waals surface area contributed by atoms with Gasteiger partial charge in [-0.15, -0.1) is 24.0 Å². The SMILES string of the molecule is CN=C(NCc1ccc(OC)c(NC(C)=O)c1)N1CC(C)OC(c2ccc(F)cc2)C1.I. The van der Waals surface area contributed by atoms with Gasteiger partial charge in [0.25, 0.3) is 0 Å². The number of nitrogens with one attached hydrogen (secondary N) is 2. The molecule has 0 radical (unpaired) electrons. The topological polar surface area (TPSA) is 75.2 Å². The van der Waals surface area contributed by atoms with E-state index in [1.165, 1.54) is 19.1 Å². The molecule has 1 saturated heterocycles. The maximum absolute atomic E-state index is 13.3. The number of rotatable bonds is 5. The molecular formula is C23H30FIN4O3. The van der Waals surface area contributed by atoms with Gasteiger partial charge in [0.05, 0.1) is 25.4 Å². The molecule has 0 aromatic heterocycles. The molecule has 2 atom stereocenters. The van der Waals surface area contributed by atoms with Crippen LogP contribution < -0.4 is 15.4 Å². The first kappa shape index (κ1) is 25.9. The Labute approximate surface area is 205 Å². The Hall–Kier alpha value is -2.40. The second kappa shape index (κ2) is 12.0. The molecule has 1 heterocycles. The van der Waals surface area contributed by atoms with Gasteiger partial charge in [-0.25, -0.2) is 4.39 Å². The van der Waals surface area contributed by atoms with Gasteiger partial charge in [0.2, 0.25) is 5.91 Å². The van der Waals surface area contributed by atoms with Crippen molar-refractivity contribution in [1.29, 1.82) is 0 Å². The summed E-state index contributed by atoms with van der Waals surface area (Å²) >= 11 is 0. The van der Waals surface area contributed by atoms with Gasteiger partial charge >= 0.3 is 0 Å². The van der Waals surface area contributed by atoms with Crippen LogP contribution in [-0.2, 0) is 16.1 Å². The first-order valence-corrected chi connectivity index (χ1v) is 10.2. The summed E-state index contributed by atoms with van der Waals surface area (Å²) in [5, 5.41) is 6.17. The predicted octanol–water partition coefficient (Wildman–Crippen LogP) is 3.95. The third-order valence-electron chi connectivity index (χ3n) is 5.04. The summed E-state index contributed by atoms with van der Waals surface area (Å²) in [6.45, 7) is 5.30. The minimum absolute atomic E-state index is 0. The van der Waals surface area contributed by atoms with Crippen LogP contribution >= 0.6 is 24.0 Å². The van der Waals surface area contributed by atoms with Crippen LogP contribution in [0.15, 0.2) is 47.5 Å². The van der Waals surface area contributed by atoms with E-state index in [4.69, 9.17) is 9.47 Å². The molecule has 2 unspecified atom stereocenters. The van der Waals surface area contributed by atoms with Gasteiger partial charge in [-0.05, 0) is 42.3 Å². The fourth-order valence-electron chi connectivity index (χ4n) is 3.65. The highest BCUT2D eigenvalue weighted by Crippen LogP contribution is 2.27. The van der Waals surface area contributed by atoms with E-state index in [1.54, 1.807) is 26.3 Å². The lowest BCUT2D eigenvalue weighted by atomic mass is 10.1. The van der Waals surface area contributed by atoms with Crippen LogP contribution in [0.3, 0.4) is 0 Å². The van der Waals surface area contributed by atoms with Crippen molar-refractivity contribution in [1.82, 2.24) is 10.2 Å². The Bertz CT molecular complexity index is 939. The molecule has 0 aliphatic carbocycles. The molecule has 2 aromatic carbocycles. The molecule has 1 aliphatic heterocycles. The van der Waals surface area contributed by atoms with Crippen LogP contribution in [0.25, 0.3) is 0 Å². The number of ether oxygens (including phenoxy) is 2. The summed E-state index contributed by atoms with van der Waals surface area (Å²) in [6, 6.07) is 12.1. The molecule has 32 heavy (non-hydrogen) atoms. The number of benzene rings is 2. The number of hydrogen-bond acceptors (Lipinski definition) is 4.